The maximum absolute atomic E-state index is 12.9. The van der Waals surface area contributed by atoms with Crippen molar-refractivity contribution in [2.45, 2.75) is 20.4 Å². The summed E-state index contributed by atoms with van der Waals surface area (Å²) in [7, 11) is 0. The predicted molar refractivity (Wildman–Crippen MR) is 106 cm³/mol. The topological polar surface area (TPSA) is 57.9 Å². The third-order valence-corrected chi connectivity index (χ3v) is 5.78. The zero-order valence-corrected chi connectivity index (χ0v) is 16.3. The molecule has 1 saturated heterocycles. The maximum atomic E-state index is 12.9. The first-order valence-corrected chi connectivity index (χ1v) is 9.94. The Morgan fingerprint density at radius 1 is 1.15 bits per heavy atom. The Morgan fingerprint density at radius 2 is 1.93 bits per heavy atom. The lowest BCUT2D eigenvalue weighted by Crippen LogP contribution is -2.48. The van der Waals surface area contributed by atoms with E-state index in [0.29, 0.717) is 19.6 Å². The van der Waals surface area contributed by atoms with E-state index in [1.54, 1.807) is 16.7 Å². The van der Waals surface area contributed by atoms with Gasteiger partial charge >= 0.3 is 0 Å². The highest BCUT2D eigenvalue weighted by Gasteiger charge is 2.23. The second-order valence-corrected chi connectivity index (χ2v) is 7.90. The van der Waals surface area contributed by atoms with Crippen molar-refractivity contribution in [2.24, 2.45) is 0 Å². The van der Waals surface area contributed by atoms with Crippen LogP contribution in [0.2, 0.25) is 0 Å². The molecule has 27 heavy (non-hydrogen) atoms. The van der Waals surface area contributed by atoms with Gasteiger partial charge in [-0.2, -0.15) is 0 Å². The van der Waals surface area contributed by atoms with Crippen molar-refractivity contribution in [3.63, 3.8) is 0 Å². The first-order valence-electron chi connectivity index (χ1n) is 9.06. The molecular formula is C20H22N4O2S. The fourth-order valence-electron chi connectivity index (χ4n) is 3.44. The van der Waals surface area contributed by atoms with E-state index in [2.05, 4.69) is 9.88 Å². The molecule has 3 aromatic rings. The highest BCUT2D eigenvalue weighted by Crippen LogP contribution is 2.16. The number of nitrogens with zero attached hydrogens (tertiary/aromatic N) is 4. The van der Waals surface area contributed by atoms with Gasteiger partial charge in [0.2, 0.25) is 0 Å². The van der Waals surface area contributed by atoms with Crippen LogP contribution in [-0.4, -0.2) is 51.3 Å². The molecule has 0 bridgehead atoms. The van der Waals surface area contributed by atoms with Gasteiger partial charge in [0.1, 0.15) is 0 Å². The van der Waals surface area contributed by atoms with Crippen LogP contribution in [0.1, 0.15) is 27.2 Å². The van der Waals surface area contributed by atoms with Gasteiger partial charge < -0.3 is 4.90 Å². The lowest BCUT2D eigenvalue weighted by atomic mass is 10.0. The Labute approximate surface area is 161 Å². The lowest BCUT2D eigenvalue weighted by molar-refractivity contribution is 0.0626. The molecule has 3 heterocycles. The summed E-state index contributed by atoms with van der Waals surface area (Å²) in [6.45, 7) is 7.56. The maximum Gasteiger partial charge on any atom is 0.258 e. The van der Waals surface area contributed by atoms with Crippen LogP contribution >= 0.6 is 11.3 Å². The number of benzene rings is 1. The average Bonchev–Trinajstić information content (AvgIpc) is 3.13. The molecule has 140 valence electrons. The summed E-state index contributed by atoms with van der Waals surface area (Å²) >= 11 is 1.46. The largest absolute Gasteiger partial charge is 0.336 e. The fourth-order valence-corrected chi connectivity index (χ4v) is 4.18. The second-order valence-electron chi connectivity index (χ2n) is 7.03. The van der Waals surface area contributed by atoms with Crippen LogP contribution in [-0.2, 0) is 6.54 Å². The Balaban J connectivity index is 1.41. The van der Waals surface area contributed by atoms with Crippen LogP contribution in [0.5, 0.6) is 0 Å². The fraction of sp³-hybridized carbons (Fsp3) is 0.350. The van der Waals surface area contributed by atoms with E-state index in [9.17, 15) is 9.59 Å². The van der Waals surface area contributed by atoms with Gasteiger partial charge in [-0.15, -0.1) is 11.3 Å². The van der Waals surface area contributed by atoms with Gasteiger partial charge in [-0.25, -0.2) is 4.98 Å². The molecule has 1 aliphatic heterocycles. The van der Waals surface area contributed by atoms with Gasteiger partial charge in [-0.1, -0.05) is 17.7 Å². The molecule has 7 heteroatoms. The predicted octanol–water partition coefficient (Wildman–Crippen LogP) is 2.33. The van der Waals surface area contributed by atoms with Crippen LogP contribution in [0, 0.1) is 13.8 Å². The van der Waals surface area contributed by atoms with Crippen molar-refractivity contribution >= 4 is 22.2 Å². The zero-order chi connectivity index (χ0) is 19.0. The monoisotopic (exact) mass is 382 g/mol. The molecule has 0 N–H and O–H groups in total. The van der Waals surface area contributed by atoms with E-state index >= 15 is 0 Å². The normalized spacial score (nSPS) is 15.4. The van der Waals surface area contributed by atoms with E-state index in [0.717, 1.165) is 40.4 Å². The van der Waals surface area contributed by atoms with Crippen molar-refractivity contribution in [2.75, 3.05) is 26.2 Å². The highest BCUT2D eigenvalue weighted by atomic mass is 32.1. The number of aryl methyl sites for hydroxylation is 2. The minimum atomic E-state index is -0.0417. The molecule has 4 rings (SSSR count). The third kappa shape index (κ3) is 3.65. The van der Waals surface area contributed by atoms with Gasteiger partial charge in [0.15, 0.2) is 4.96 Å². The molecule has 1 aromatic carbocycles. The van der Waals surface area contributed by atoms with Crippen molar-refractivity contribution in [3.8, 4) is 0 Å². The molecule has 0 aliphatic carbocycles. The van der Waals surface area contributed by atoms with Crippen LogP contribution in [0.25, 0.3) is 4.96 Å². The van der Waals surface area contributed by atoms with Gasteiger partial charge in [0.05, 0.1) is 5.69 Å². The highest BCUT2D eigenvalue weighted by molar-refractivity contribution is 7.15. The number of piperazine rings is 1. The molecule has 0 radical (unpaired) electrons. The molecule has 1 fully saturated rings. The van der Waals surface area contributed by atoms with Crippen LogP contribution < -0.4 is 5.56 Å². The summed E-state index contributed by atoms with van der Waals surface area (Å²) < 4.78 is 1.56. The van der Waals surface area contributed by atoms with Crippen molar-refractivity contribution in [3.05, 3.63) is 68.6 Å². The van der Waals surface area contributed by atoms with Crippen molar-refractivity contribution in [1.29, 1.82) is 0 Å². The van der Waals surface area contributed by atoms with Gasteiger partial charge in [0.25, 0.3) is 11.5 Å². The van der Waals surface area contributed by atoms with Gasteiger partial charge in [-0.05, 0) is 25.5 Å². The van der Waals surface area contributed by atoms with Crippen LogP contribution in [0.4, 0.5) is 0 Å². The summed E-state index contributed by atoms with van der Waals surface area (Å²) in [6, 6.07) is 7.61. The first kappa shape index (κ1) is 17.9. The summed E-state index contributed by atoms with van der Waals surface area (Å²) in [5.74, 6) is 0.104. The van der Waals surface area contributed by atoms with Gasteiger partial charge in [-0.3, -0.25) is 18.9 Å². The third-order valence-electron chi connectivity index (χ3n) is 5.02. The number of amides is 1. The van der Waals surface area contributed by atoms with E-state index in [1.807, 2.05) is 42.3 Å². The summed E-state index contributed by atoms with van der Waals surface area (Å²) in [5.41, 5.74) is 3.66. The first-order chi connectivity index (χ1) is 13.0. The zero-order valence-electron chi connectivity index (χ0n) is 15.5. The van der Waals surface area contributed by atoms with Crippen LogP contribution in [0.3, 0.4) is 0 Å². The molecule has 0 atom stereocenters. The smallest absolute Gasteiger partial charge is 0.258 e. The van der Waals surface area contributed by atoms with E-state index in [1.165, 1.54) is 11.3 Å². The lowest BCUT2D eigenvalue weighted by Gasteiger charge is -2.34. The number of fused-ring (bicyclic) bond motifs is 1. The molecule has 2 aromatic heterocycles. The Kier molecular flexibility index (Phi) is 4.80. The second kappa shape index (κ2) is 7.25. The number of hydrogen-bond donors (Lipinski definition) is 0. The summed E-state index contributed by atoms with van der Waals surface area (Å²) in [6.07, 6.45) is 1.75. The molecule has 6 nitrogen and oxygen atoms in total. The number of hydrogen-bond acceptors (Lipinski definition) is 5. The molecular weight excluding hydrogens is 360 g/mol. The minimum absolute atomic E-state index is 0.0417. The molecule has 1 aliphatic rings. The molecule has 0 saturated carbocycles. The summed E-state index contributed by atoms with van der Waals surface area (Å²) in [5, 5.41) is 1.87. The number of carbonyl (C=O) groups excluding carboxylic acids is 1. The standard InChI is InChI=1S/C20H22N4O2S/c1-14-3-4-15(2)17(11-14)19(26)23-7-5-22(6-8-23)13-16-12-18(25)24-9-10-27-20(24)21-16/h3-4,9-12H,5-8,13H2,1-2H3. The SMILES string of the molecule is Cc1ccc(C)c(C(=O)N2CCN(Cc3cc(=O)n4ccsc4n3)CC2)c1. The molecule has 0 spiro atoms. The number of carbonyl (C=O) groups is 1. The number of aromatic nitrogens is 2. The number of thiazole rings is 1. The Morgan fingerprint density at radius 3 is 2.70 bits per heavy atom. The van der Waals surface area contributed by atoms with Gasteiger partial charge in [0, 0.05) is 55.9 Å². The molecule has 0 unspecified atom stereocenters. The Bertz CT molecular complexity index is 1050. The van der Waals surface area contributed by atoms with Crippen molar-refractivity contribution < 1.29 is 4.79 Å². The van der Waals surface area contributed by atoms with E-state index in [4.69, 9.17) is 0 Å². The van der Waals surface area contributed by atoms with Crippen molar-refractivity contribution in [1.82, 2.24) is 19.2 Å². The average molecular weight is 382 g/mol. The number of rotatable bonds is 3. The summed E-state index contributed by atoms with van der Waals surface area (Å²) in [4.78, 5) is 34.4. The quantitative estimate of drug-likeness (QED) is 0.698. The minimum Gasteiger partial charge on any atom is -0.336 e. The van der Waals surface area contributed by atoms with E-state index < -0.39 is 0 Å². The Hall–Kier alpha value is -2.51. The van der Waals surface area contributed by atoms with E-state index in [-0.39, 0.29) is 11.5 Å². The van der Waals surface area contributed by atoms with Crippen LogP contribution in [0.15, 0.2) is 40.6 Å². The molecule has 1 amide bonds.